The van der Waals surface area contributed by atoms with Crippen molar-refractivity contribution < 1.29 is 38.1 Å². The highest BCUT2D eigenvalue weighted by Crippen LogP contribution is 2.18. The predicted molar refractivity (Wildman–Crippen MR) is 195 cm³/mol. The number of aromatic nitrogens is 4. The van der Waals surface area contributed by atoms with Crippen LogP contribution in [0.15, 0.2) is 97.6 Å². The van der Waals surface area contributed by atoms with E-state index in [1.54, 1.807) is 48.5 Å². The molecule has 0 radical (unpaired) electrons. The van der Waals surface area contributed by atoms with E-state index in [0.29, 0.717) is 61.5 Å². The summed E-state index contributed by atoms with van der Waals surface area (Å²) in [7, 11) is 5.30. The molecule has 4 heterocycles. The van der Waals surface area contributed by atoms with Crippen molar-refractivity contribution in [2.75, 3.05) is 28.4 Å². The maximum Gasteiger partial charge on any atom is 0.339 e. The Hall–Kier alpha value is -6.38. The van der Waals surface area contributed by atoms with Gasteiger partial charge in [0.05, 0.1) is 73.5 Å². The van der Waals surface area contributed by atoms with E-state index >= 15 is 0 Å². The maximum atomic E-state index is 12.0. The van der Waals surface area contributed by atoms with Gasteiger partial charge in [0.25, 0.3) is 0 Å². The summed E-state index contributed by atoms with van der Waals surface area (Å²) in [5.74, 6) is -1.85. The van der Waals surface area contributed by atoms with Gasteiger partial charge in [-0.2, -0.15) is 0 Å². The smallest absolute Gasteiger partial charge is 0.339 e. The molecule has 0 bridgehead atoms. The molecule has 0 N–H and O–H groups in total. The lowest BCUT2D eigenvalue weighted by Crippen LogP contribution is -2.25. The Labute approximate surface area is 312 Å². The summed E-state index contributed by atoms with van der Waals surface area (Å²) in [6, 6.07) is 22.1. The van der Waals surface area contributed by atoms with Crippen LogP contribution >= 0.6 is 0 Å². The number of rotatable bonds is 16. The Morgan fingerprint density at radius 3 is 0.926 bits per heavy atom. The van der Waals surface area contributed by atoms with Gasteiger partial charge < -0.3 is 18.9 Å². The van der Waals surface area contributed by atoms with Crippen LogP contribution in [0.2, 0.25) is 0 Å². The molecule has 0 aliphatic rings. The molecular formula is C40H40N6O8. The molecule has 278 valence electrons. The van der Waals surface area contributed by atoms with Gasteiger partial charge in [0.1, 0.15) is 0 Å². The lowest BCUT2D eigenvalue weighted by atomic mass is 10.1. The fourth-order valence-corrected chi connectivity index (χ4v) is 5.62. The second-order valence-corrected chi connectivity index (χ2v) is 12.2. The molecular weight excluding hydrogens is 692 g/mol. The second-order valence-electron chi connectivity index (χ2n) is 12.2. The third kappa shape index (κ3) is 10.8. The topological polar surface area (TPSA) is 163 Å². The largest absolute Gasteiger partial charge is 0.465 e. The number of pyridine rings is 4. The molecule has 0 saturated heterocycles. The zero-order valence-corrected chi connectivity index (χ0v) is 30.4. The fourth-order valence-electron chi connectivity index (χ4n) is 5.62. The van der Waals surface area contributed by atoms with Crippen LogP contribution in [0.3, 0.4) is 0 Å². The van der Waals surface area contributed by atoms with Crippen molar-refractivity contribution >= 4 is 23.9 Å². The highest BCUT2D eigenvalue weighted by atomic mass is 16.5. The Morgan fingerprint density at radius 2 is 0.704 bits per heavy atom. The van der Waals surface area contributed by atoms with Gasteiger partial charge in [0, 0.05) is 64.1 Å². The number of hydrogen-bond donors (Lipinski definition) is 0. The monoisotopic (exact) mass is 732 g/mol. The van der Waals surface area contributed by atoms with Crippen LogP contribution in [0.5, 0.6) is 0 Å². The van der Waals surface area contributed by atoms with Gasteiger partial charge in [-0.15, -0.1) is 0 Å². The highest BCUT2D eigenvalue weighted by molar-refractivity contribution is 5.90. The van der Waals surface area contributed by atoms with Gasteiger partial charge in [-0.25, -0.2) is 19.2 Å². The number of carbonyl (C=O) groups excluding carboxylic acids is 4. The number of methoxy groups -OCH3 is 4. The van der Waals surface area contributed by atoms with Crippen LogP contribution in [-0.4, -0.2) is 82.1 Å². The van der Waals surface area contributed by atoms with E-state index in [1.165, 1.54) is 53.2 Å². The molecule has 0 fully saturated rings. The van der Waals surface area contributed by atoms with Crippen molar-refractivity contribution in [3.8, 4) is 0 Å². The summed E-state index contributed by atoms with van der Waals surface area (Å²) in [4.78, 5) is 70.3. The molecule has 0 unspecified atom stereocenters. The molecule has 0 saturated carbocycles. The Kier molecular flexibility index (Phi) is 13.6. The molecule has 0 aliphatic heterocycles. The summed E-state index contributed by atoms with van der Waals surface area (Å²) in [6.45, 7) is 2.83. The number of ether oxygens (including phenoxy) is 4. The van der Waals surface area contributed by atoms with Crippen LogP contribution in [0, 0.1) is 0 Å². The maximum absolute atomic E-state index is 12.0. The first-order chi connectivity index (χ1) is 26.2. The van der Waals surface area contributed by atoms with Crippen molar-refractivity contribution in [3.05, 3.63) is 154 Å². The first kappa shape index (κ1) is 38.8. The lowest BCUT2D eigenvalue weighted by molar-refractivity contribution is 0.0591. The van der Waals surface area contributed by atoms with Crippen LogP contribution < -0.4 is 0 Å². The third-order valence-corrected chi connectivity index (χ3v) is 8.33. The van der Waals surface area contributed by atoms with Crippen molar-refractivity contribution in [3.63, 3.8) is 0 Å². The number of benzene rings is 1. The van der Waals surface area contributed by atoms with Gasteiger partial charge in [-0.1, -0.05) is 24.3 Å². The Morgan fingerprint density at radius 1 is 0.426 bits per heavy atom. The number of carbonyl (C=O) groups is 4. The molecule has 0 atom stereocenters. The van der Waals surface area contributed by atoms with Crippen molar-refractivity contribution in [2.24, 2.45) is 0 Å². The minimum atomic E-state index is -0.463. The summed E-state index contributed by atoms with van der Waals surface area (Å²) in [5.41, 5.74) is 6.46. The fraction of sp³-hybridized carbons (Fsp3) is 0.250. The SMILES string of the molecule is COC(=O)c1ccc(CN(Cc2cccc(CN(Cc3ccc(C(=O)OC)cn3)Cc3ccc(C(=O)OC)cn3)c2)Cc2ccc(C(=O)OC)cn2)nc1. The van der Waals surface area contributed by atoms with E-state index in [9.17, 15) is 19.2 Å². The average Bonchev–Trinajstić information content (AvgIpc) is 3.20. The van der Waals surface area contributed by atoms with Gasteiger partial charge in [-0.3, -0.25) is 29.7 Å². The number of esters is 4. The minimum Gasteiger partial charge on any atom is -0.465 e. The van der Waals surface area contributed by atoms with E-state index in [2.05, 4.69) is 35.8 Å². The summed E-state index contributed by atoms with van der Waals surface area (Å²) >= 11 is 0. The van der Waals surface area contributed by atoms with Crippen molar-refractivity contribution in [1.29, 1.82) is 0 Å². The molecule has 54 heavy (non-hydrogen) atoms. The molecule has 14 nitrogen and oxygen atoms in total. The molecule has 0 aliphatic carbocycles. The molecule has 4 aromatic heterocycles. The summed E-state index contributed by atoms with van der Waals surface area (Å²) in [6.07, 6.45) is 5.97. The second kappa shape index (κ2) is 18.9. The zero-order chi connectivity index (χ0) is 38.5. The first-order valence-electron chi connectivity index (χ1n) is 16.8. The minimum absolute atomic E-state index is 0.356. The normalized spacial score (nSPS) is 10.9. The van der Waals surface area contributed by atoms with Gasteiger partial charge >= 0.3 is 23.9 Å². The molecule has 1 aromatic carbocycles. The average molecular weight is 733 g/mol. The van der Waals surface area contributed by atoms with Crippen LogP contribution in [0.25, 0.3) is 0 Å². The Bertz CT molecular complexity index is 1770. The highest BCUT2D eigenvalue weighted by Gasteiger charge is 2.16. The zero-order valence-electron chi connectivity index (χ0n) is 30.4. The van der Waals surface area contributed by atoms with Gasteiger partial charge in [-0.05, 0) is 59.7 Å². The number of nitrogens with zero attached hydrogens (tertiary/aromatic N) is 6. The summed E-state index contributed by atoms with van der Waals surface area (Å²) in [5, 5.41) is 0. The van der Waals surface area contributed by atoms with Crippen molar-refractivity contribution in [2.45, 2.75) is 39.3 Å². The summed E-state index contributed by atoms with van der Waals surface area (Å²) < 4.78 is 19.3. The molecule has 14 heteroatoms. The van der Waals surface area contributed by atoms with Crippen LogP contribution in [0.4, 0.5) is 0 Å². The lowest BCUT2D eigenvalue weighted by Gasteiger charge is -2.24. The van der Waals surface area contributed by atoms with Crippen LogP contribution in [-0.2, 0) is 58.2 Å². The van der Waals surface area contributed by atoms with Gasteiger partial charge in [0.15, 0.2) is 0 Å². The first-order valence-corrected chi connectivity index (χ1v) is 16.8. The van der Waals surface area contributed by atoms with Crippen LogP contribution in [0.1, 0.15) is 75.3 Å². The molecule has 0 amide bonds. The number of hydrogen-bond acceptors (Lipinski definition) is 14. The van der Waals surface area contributed by atoms with E-state index in [1.807, 2.05) is 18.2 Å². The standard InChI is InChI=1S/C40H40N6O8/c1-51-37(47)29-8-12-33(41-17-29)23-45(24-34-13-9-30(18-42-34)38(48)52-2)21-27-6-5-7-28(16-27)22-46(25-35-14-10-31(19-43-35)39(49)53-3)26-36-15-11-32(20-44-36)40(50)54-4/h5-20H,21-26H2,1-4H3. The molecule has 0 spiro atoms. The van der Waals surface area contributed by atoms with E-state index < -0.39 is 23.9 Å². The predicted octanol–water partition coefficient (Wildman–Crippen LogP) is 4.82. The van der Waals surface area contributed by atoms with E-state index in [4.69, 9.17) is 18.9 Å². The quantitative estimate of drug-likeness (QED) is 0.100. The molecule has 5 aromatic rings. The third-order valence-electron chi connectivity index (χ3n) is 8.33. The van der Waals surface area contributed by atoms with Crippen molar-refractivity contribution in [1.82, 2.24) is 29.7 Å². The van der Waals surface area contributed by atoms with E-state index in [-0.39, 0.29) is 0 Å². The molecule has 5 rings (SSSR count). The van der Waals surface area contributed by atoms with Gasteiger partial charge in [0.2, 0.25) is 0 Å². The van der Waals surface area contributed by atoms with E-state index in [0.717, 1.165) is 33.9 Å². The Balaban J connectivity index is 1.38.